The van der Waals surface area contributed by atoms with Crippen LogP contribution in [0.5, 0.6) is 0 Å². The SMILES string of the molecule is C[C@H](C(=O)NC1CCCC1)N(Cc1ccc(Br)cc1)C(=O)CSCc1ccccc1F. The summed E-state index contributed by atoms with van der Waals surface area (Å²) in [5.41, 5.74) is 1.53. The molecule has 0 radical (unpaired) electrons. The van der Waals surface area contributed by atoms with Gasteiger partial charge >= 0.3 is 0 Å². The summed E-state index contributed by atoms with van der Waals surface area (Å²) in [4.78, 5) is 27.6. The average Bonchev–Trinajstić information content (AvgIpc) is 3.27. The van der Waals surface area contributed by atoms with E-state index in [9.17, 15) is 14.0 Å². The predicted molar refractivity (Wildman–Crippen MR) is 127 cm³/mol. The molecule has 0 unspecified atom stereocenters. The molecule has 1 atom stereocenters. The van der Waals surface area contributed by atoms with Crippen molar-refractivity contribution in [3.05, 3.63) is 69.9 Å². The van der Waals surface area contributed by atoms with Crippen LogP contribution in [0.25, 0.3) is 0 Å². The number of halogens is 2. The van der Waals surface area contributed by atoms with Gasteiger partial charge in [0.2, 0.25) is 11.8 Å². The molecule has 31 heavy (non-hydrogen) atoms. The molecular weight excluding hydrogens is 479 g/mol. The van der Waals surface area contributed by atoms with Crippen LogP contribution >= 0.6 is 27.7 Å². The maximum Gasteiger partial charge on any atom is 0.242 e. The van der Waals surface area contributed by atoms with E-state index in [4.69, 9.17) is 0 Å². The summed E-state index contributed by atoms with van der Waals surface area (Å²) in [5, 5.41) is 3.10. The zero-order valence-corrected chi connectivity index (χ0v) is 20.1. The molecule has 166 valence electrons. The standard InChI is InChI=1S/C24H28BrFN2O2S/c1-17(24(30)27-21-7-3-4-8-21)28(14-18-10-12-20(25)13-11-18)23(29)16-31-15-19-6-2-5-9-22(19)26/h2,5-6,9-13,17,21H,3-4,7-8,14-16H2,1H3,(H,27,30)/t17-/m1/s1. The van der Waals surface area contributed by atoms with E-state index >= 15 is 0 Å². The molecular formula is C24H28BrFN2O2S. The maximum atomic E-state index is 13.9. The molecule has 0 saturated heterocycles. The third-order valence-corrected chi connectivity index (χ3v) is 7.07. The molecule has 2 aromatic carbocycles. The first-order valence-corrected chi connectivity index (χ1v) is 12.5. The molecule has 0 aliphatic heterocycles. The highest BCUT2D eigenvalue weighted by atomic mass is 79.9. The molecule has 0 spiro atoms. The Balaban J connectivity index is 1.65. The van der Waals surface area contributed by atoms with E-state index in [-0.39, 0.29) is 29.4 Å². The monoisotopic (exact) mass is 506 g/mol. The van der Waals surface area contributed by atoms with Gasteiger partial charge in [0, 0.05) is 22.8 Å². The van der Waals surface area contributed by atoms with E-state index < -0.39 is 6.04 Å². The van der Waals surface area contributed by atoms with E-state index in [2.05, 4.69) is 21.2 Å². The molecule has 0 heterocycles. The van der Waals surface area contributed by atoms with Crippen LogP contribution in [0.2, 0.25) is 0 Å². The van der Waals surface area contributed by atoms with E-state index in [0.717, 1.165) is 35.7 Å². The molecule has 1 saturated carbocycles. The number of hydrogen-bond acceptors (Lipinski definition) is 3. The summed E-state index contributed by atoms with van der Waals surface area (Å²) < 4.78 is 14.8. The van der Waals surface area contributed by atoms with Gasteiger partial charge < -0.3 is 10.2 Å². The Bertz CT molecular complexity index is 887. The lowest BCUT2D eigenvalue weighted by molar-refractivity contribution is -0.138. The number of nitrogens with zero attached hydrogens (tertiary/aromatic N) is 1. The highest BCUT2D eigenvalue weighted by Gasteiger charge is 2.28. The lowest BCUT2D eigenvalue weighted by atomic mass is 10.1. The number of hydrogen-bond donors (Lipinski definition) is 1. The molecule has 3 rings (SSSR count). The quantitative estimate of drug-likeness (QED) is 0.502. The van der Waals surface area contributed by atoms with Crippen molar-refractivity contribution >= 4 is 39.5 Å². The summed E-state index contributed by atoms with van der Waals surface area (Å²) in [6, 6.07) is 14.0. The predicted octanol–water partition coefficient (Wildman–Crippen LogP) is 5.30. The van der Waals surface area contributed by atoms with Crippen molar-refractivity contribution in [2.24, 2.45) is 0 Å². The smallest absolute Gasteiger partial charge is 0.242 e. The van der Waals surface area contributed by atoms with Crippen molar-refractivity contribution in [2.75, 3.05) is 5.75 Å². The van der Waals surface area contributed by atoms with Gasteiger partial charge in [-0.2, -0.15) is 0 Å². The Labute approximate surface area is 196 Å². The fourth-order valence-electron chi connectivity index (χ4n) is 3.71. The van der Waals surface area contributed by atoms with Gasteiger partial charge in [-0.05, 0) is 49.1 Å². The first-order chi connectivity index (χ1) is 14.9. The summed E-state index contributed by atoms with van der Waals surface area (Å²) >= 11 is 4.79. The Kier molecular flexibility index (Phi) is 8.96. The normalized spacial score (nSPS) is 14.9. The van der Waals surface area contributed by atoms with Gasteiger partial charge in [0.25, 0.3) is 0 Å². The zero-order chi connectivity index (χ0) is 22.2. The third-order valence-electron chi connectivity index (χ3n) is 5.58. The number of rotatable bonds is 9. The van der Waals surface area contributed by atoms with Gasteiger partial charge in [-0.1, -0.05) is 59.1 Å². The molecule has 1 aliphatic carbocycles. The minimum absolute atomic E-state index is 0.114. The van der Waals surface area contributed by atoms with Gasteiger partial charge in [-0.15, -0.1) is 11.8 Å². The lowest BCUT2D eigenvalue weighted by Crippen LogP contribution is -2.50. The Morgan fingerprint density at radius 2 is 1.84 bits per heavy atom. The Morgan fingerprint density at radius 1 is 1.16 bits per heavy atom. The van der Waals surface area contributed by atoms with E-state index in [1.165, 1.54) is 17.8 Å². The zero-order valence-electron chi connectivity index (χ0n) is 17.7. The fourth-order valence-corrected chi connectivity index (χ4v) is 4.87. The van der Waals surface area contributed by atoms with Crippen LogP contribution < -0.4 is 5.32 Å². The van der Waals surface area contributed by atoms with Crippen LogP contribution in [0.1, 0.15) is 43.7 Å². The summed E-state index contributed by atoms with van der Waals surface area (Å²) in [7, 11) is 0. The number of amides is 2. The maximum absolute atomic E-state index is 13.9. The number of thioether (sulfide) groups is 1. The lowest BCUT2D eigenvalue weighted by Gasteiger charge is -2.29. The van der Waals surface area contributed by atoms with Crippen LogP contribution in [0.15, 0.2) is 53.0 Å². The highest BCUT2D eigenvalue weighted by molar-refractivity contribution is 9.10. The minimum atomic E-state index is -0.578. The number of carbonyl (C=O) groups excluding carboxylic acids is 2. The van der Waals surface area contributed by atoms with Crippen LogP contribution in [-0.4, -0.2) is 34.6 Å². The fraction of sp³-hybridized carbons (Fsp3) is 0.417. The number of carbonyl (C=O) groups is 2. The molecule has 0 bridgehead atoms. The van der Waals surface area contributed by atoms with Crippen molar-refractivity contribution in [3.63, 3.8) is 0 Å². The van der Waals surface area contributed by atoms with Crippen LogP contribution in [0.4, 0.5) is 4.39 Å². The summed E-state index contributed by atoms with van der Waals surface area (Å²) in [6.07, 6.45) is 4.26. The first kappa shape index (κ1) is 23.8. The largest absolute Gasteiger partial charge is 0.352 e. The van der Waals surface area contributed by atoms with Crippen molar-refractivity contribution in [1.29, 1.82) is 0 Å². The van der Waals surface area contributed by atoms with Gasteiger partial charge in [-0.25, -0.2) is 4.39 Å². The molecule has 4 nitrogen and oxygen atoms in total. The molecule has 2 aromatic rings. The van der Waals surface area contributed by atoms with Crippen LogP contribution in [0.3, 0.4) is 0 Å². The van der Waals surface area contributed by atoms with E-state index in [1.54, 1.807) is 30.0 Å². The van der Waals surface area contributed by atoms with Crippen LogP contribution in [-0.2, 0) is 21.9 Å². The van der Waals surface area contributed by atoms with Crippen molar-refractivity contribution < 1.29 is 14.0 Å². The molecule has 7 heteroatoms. The second kappa shape index (κ2) is 11.7. The molecule has 1 aliphatic rings. The first-order valence-electron chi connectivity index (χ1n) is 10.6. The van der Waals surface area contributed by atoms with Gasteiger partial charge in [-0.3, -0.25) is 9.59 Å². The second-order valence-corrected chi connectivity index (χ2v) is 9.80. The summed E-state index contributed by atoms with van der Waals surface area (Å²) in [6.45, 7) is 2.13. The van der Waals surface area contributed by atoms with Gasteiger partial charge in [0.15, 0.2) is 0 Å². The molecule has 0 aromatic heterocycles. The van der Waals surface area contributed by atoms with E-state index in [1.807, 2.05) is 24.3 Å². The highest BCUT2D eigenvalue weighted by Crippen LogP contribution is 2.20. The van der Waals surface area contributed by atoms with Gasteiger partial charge in [0.1, 0.15) is 11.9 Å². The minimum Gasteiger partial charge on any atom is -0.352 e. The second-order valence-electron chi connectivity index (χ2n) is 7.90. The Hall–Kier alpha value is -1.86. The summed E-state index contributed by atoms with van der Waals surface area (Å²) in [5.74, 6) is 0.0901. The average molecular weight is 507 g/mol. The van der Waals surface area contributed by atoms with Crippen molar-refractivity contribution in [2.45, 2.75) is 57.0 Å². The molecule has 2 amide bonds. The number of benzene rings is 2. The number of nitrogens with one attached hydrogen (secondary N) is 1. The van der Waals surface area contributed by atoms with Crippen molar-refractivity contribution in [3.8, 4) is 0 Å². The van der Waals surface area contributed by atoms with E-state index in [0.29, 0.717) is 17.9 Å². The van der Waals surface area contributed by atoms with Gasteiger partial charge in [0.05, 0.1) is 5.75 Å². The molecule has 1 N–H and O–H groups in total. The molecule has 1 fully saturated rings. The van der Waals surface area contributed by atoms with Crippen LogP contribution in [0, 0.1) is 5.82 Å². The topological polar surface area (TPSA) is 49.4 Å². The van der Waals surface area contributed by atoms with Crippen molar-refractivity contribution in [1.82, 2.24) is 10.2 Å². The Morgan fingerprint density at radius 3 is 2.52 bits per heavy atom. The third kappa shape index (κ3) is 7.07.